The number of H-pyrrole nitrogens is 1. The molecule has 23 heavy (non-hydrogen) atoms. The Bertz CT molecular complexity index is 704. The molecule has 1 saturated heterocycles. The van der Waals surface area contributed by atoms with Gasteiger partial charge in [0.2, 0.25) is 0 Å². The molecule has 2 amide bonds. The van der Waals surface area contributed by atoms with Gasteiger partial charge in [0.25, 0.3) is 5.92 Å². The normalized spacial score (nSPS) is 19.3. The Balaban J connectivity index is 1.68. The third-order valence-corrected chi connectivity index (χ3v) is 3.83. The Hall–Kier alpha value is -2.22. The molecule has 1 atom stereocenters. The van der Waals surface area contributed by atoms with Crippen molar-refractivity contribution in [2.45, 2.75) is 18.9 Å². The molecule has 0 aliphatic carbocycles. The van der Waals surface area contributed by atoms with Gasteiger partial charge in [-0.2, -0.15) is 5.10 Å². The molecule has 1 aliphatic heterocycles. The second-order valence-electron chi connectivity index (χ2n) is 5.72. The van der Waals surface area contributed by atoms with E-state index >= 15 is 0 Å². The minimum Gasteiger partial charge on any atom is -0.373 e. The zero-order valence-corrected chi connectivity index (χ0v) is 12.7. The van der Waals surface area contributed by atoms with Gasteiger partial charge in [-0.15, -0.1) is 0 Å². The highest BCUT2D eigenvalue weighted by atomic mass is 19.3. The van der Waals surface area contributed by atoms with Gasteiger partial charge in [0.15, 0.2) is 0 Å². The van der Waals surface area contributed by atoms with Crippen LogP contribution < -0.4 is 5.32 Å². The summed E-state index contributed by atoms with van der Waals surface area (Å²) in [4.78, 5) is 13.3. The first-order chi connectivity index (χ1) is 10.9. The van der Waals surface area contributed by atoms with Crippen LogP contribution >= 0.6 is 0 Å². The van der Waals surface area contributed by atoms with Crippen molar-refractivity contribution < 1.29 is 18.3 Å². The maximum absolute atomic E-state index is 13.5. The van der Waals surface area contributed by atoms with E-state index in [1.807, 2.05) is 25.1 Å². The number of aromatic amines is 1. The number of aromatic nitrogens is 2. The van der Waals surface area contributed by atoms with Gasteiger partial charge in [-0.3, -0.25) is 5.10 Å². The van der Waals surface area contributed by atoms with E-state index < -0.39 is 25.1 Å². The van der Waals surface area contributed by atoms with Crippen LogP contribution in [0.4, 0.5) is 13.6 Å². The lowest BCUT2D eigenvalue weighted by Crippen LogP contribution is -2.46. The molecule has 2 aromatic rings. The highest BCUT2D eigenvalue weighted by Crippen LogP contribution is 2.21. The summed E-state index contributed by atoms with van der Waals surface area (Å²) in [6.07, 6.45) is 1.69. The molecule has 1 fully saturated rings. The Morgan fingerprint density at radius 2 is 2.35 bits per heavy atom. The maximum atomic E-state index is 13.5. The number of amides is 2. The summed E-state index contributed by atoms with van der Waals surface area (Å²) < 4.78 is 31.9. The molecule has 1 aromatic heterocycles. The fourth-order valence-corrected chi connectivity index (χ4v) is 2.56. The van der Waals surface area contributed by atoms with E-state index in [0.29, 0.717) is 0 Å². The van der Waals surface area contributed by atoms with Gasteiger partial charge >= 0.3 is 6.03 Å². The van der Waals surface area contributed by atoms with Gasteiger partial charge in [0, 0.05) is 11.9 Å². The summed E-state index contributed by atoms with van der Waals surface area (Å²) in [5, 5.41) is 10.5. The molecule has 0 spiro atoms. The van der Waals surface area contributed by atoms with Gasteiger partial charge in [0.1, 0.15) is 6.61 Å². The van der Waals surface area contributed by atoms with E-state index in [-0.39, 0.29) is 19.2 Å². The number of fused-ring (bicyclic) bond motifs is 1. The van der Waals surface area contributed by atoms with Crippen LogP contribution in [-0.2, 0) is 4.74 Å². The molecule has 3 rings (SSSR count). The fraction of sp³-hybridized carbons (Fsp3) is 0.467. The summed E-state index contributed by atoms with van der Waals surface area (Å²) in [6, 6.07) is 4.82. The van der Waals surface area contributed by atoms with E-state index in [9.17, 15) is 13.6 Å². The van der Waals surface area contributed by atoms with Crippen molar-refractivity contribution in [2.24, 2.45) is 0 Å². The van der Waals surface area contributed by atoms with Crippen LogP contribution in [0.5, 0.6) is 0 Å². The molecule has 0 radical (unpaired) electrons. The number of alkyl halides is 2. The summed E-state index contributed by atoms with van der Waals surface area (Å²) in [6.45, 7) is 0.786. The smallest absolute Gasteiger partial charge is 0.318 e. The number of nitrogens with zero attached hydrogens (tertiary/aromatic N) is 2. The first kappa shape index (κ1) is 15.7. The zero-order valence-electron chi connectivity index (χ0n) is 12.7. The SMILES string of the molecule is CC(NC(=O)N1CCOCC(F)(F)C1)c1ccc2[nH]ncc2c1. The average molecular weight is 324 g/mol. The van der Waals surface area contributed by atoms with Crippen LogP contribution in [0.15, 0.2) is 24.4 Å². The number of ether oxygens (including phenoxy) is 1. The molecule has 2 heterocycles. The lowest BCUT2D eigenvalue weighted by Gasteiger charge is -2.25. The number of nitrogens with one attached hydrogen (secondary N) is 2. The molecule has 1 aromatic carbocycles. The Morgan fingerprint density at radius 3 is 3.17 bits per heavy atom. The van der Waals surface area contributed by atoms with Gasteiger partial charge in [0.05, 0.1) is 30.9 Å². The van der Waals surface area contributed by atoms with E-state index in [0.717, 1.165) is 21.4 Å². The molecular weight excluding hydrogens is 306 g/mol. The van der Waals surface area contributed by atoms with Gasteiger partial charge in [-0.25, -0.2) is 13.6 Å². The lowest BCUT2D eigenvalue weighted by molar-refractivity contribution is -0.0652. The number of urea groups is 1. The molecule has 1 aliphatic rings. The number of halogens is 2. The van der Waals surface area contributed by atoms with Crippen molar-refractivity contribution in [2.75, 3.05) is 26.3 Å². The average Bonchev–Trinajstić information content (AvgIpc) is 2.89. The van der Waals surface area contributed by atoms with E-state index in [1.54, 1.807) is 6.20 Å². The van der Waals surface area contributed by atoms with Crippen molar-refractivity contribution in [3.63, 3.8) is 0 Å². The predicted octanol–water partition coefficient (Wildman–Crippen LogP) is 2.30. The van der Waals surface area contributed by atoms with E-state index in [4.69, 9.17) is 4.74 Å². The minimum atomic E-state index is -3.02. The number of hydrogen-bond donors (Lipinski definition) is 2. The van der Waals surface area contributed by atoms with Gasteiger partial charge < -0.3 is 15.0 Å². The topological polar surface area (TPSA) is 70.2 Å². The minimum absolute atomic E-state index is 0.109. The van der Waals surface area contributed by atoms with Gasteiger partial charge in [-0.1, -0.05) is 6.07 Å². The van der Waals surface area contributed by atoms with Crippen molar-refractivity contribution >= 4 is 16.9 Å². The predicted molar refractivity (Wildman–Crippen MR) is 80.4 cm³/mol. The van der Waals surface area contributed by atoms with E-state index in [2.05, 4.69) is 15.5 Å². The largest absolute Gasteiger partial charge is 0.373 e. The number of rotatable bonds is 2. The van der Waals surface area contributed by atoms with Crippen molar-refractivity contribution in [1.29, 1.82) is 0 Å². The van der Waals surface area contributed by atoms with Crippen LogP contribution in [0, 0.1) is 0 Å². The van der Waals surface area contributed by atoms with Crippen molar-refractivity contribution in [1.82, 2.24) is 20.4 Å². The van der Waals surface area contributed by atoms with E-state index in [1.165, 1.54) is 0 Å². The fourth-order valence-electron chi connectivity index (χ4n) is 2.56. The molecule has 6 nitrogen and oxygen atoms in total. The highest BCUT2D eigenvalue weighted by Gasteiger charge is 2.36. The number of carbonyl (C=O) groups excluding carboxylic acids is 1. The zero-order chi connectivity index (χ0) is 16.4. The monoisotopic (exact) mass is 324 g/mol. The summed E-state index contributed by atoms with van der Waals surface area (Å²) >= 11 is 0. The third-order valence-electron chi connectivity index (χ3n) is 3.83. The Kier molecular flexibility index (Phi) is 4.16. The third kappa shape index (κ3) is 3.58. The van der Waals surface area contributed by atoms with Crippen LogP contribution in [0.3, 0.4) is 0 Å². The standard InChI is InChI=1S/C15H18F2N4O2/c1-10(11-2-3-13-12(6-11)7-18-20-13)19-14(22)21-4-5-23-9-15(16,17)8-21/h2-3,6-7,10H,4-5,8-9H2,1H3,(H,18,20)(H,19,22). The quantitative estimate of drug-likeness (QED) is 0.890. The Labute approximate surface area is 131 Å². The Morgan fingerprint density at radius 1 is 1.52 bits per heavy atom. The van der Waals surface area contributed by atoms with Crippen LogP contribution in [0.1, 0.15) is 18.5 Å². The molecule has 0 bridgehead atoms. The highest BCUT2D eigenvalue weighted by molar-refractivity contribution is 5.79. The first-order valence-electron chi connectivity index (χ1n) is 7.39. The molecule has 1 unspecified atom stereocenters. The van der Waals surface area contributed by atoms with Crippen LogP contribution in [-0.4, -0.2) is 53.4 Å². The lowest BCUT2D eigenvalue weighted by atomic mass is 10.1. The van der Waals surface area contributed by atoms with Crippen LogP contribution in [0.2, 0.25) is 0 Å². The second kappa shape index (κ2) is 6.11. The van der Waals surface area contributed by atoms with Crippen molar-refractivity contribution in [3.05, 3.63) is 30.0 Å². The molecule has 0 saturated carbocycles. The first-order valence-corrected chi connectivity index (χ1v) is 7.39. The molecule has 2 N–H and O–H groups in total. The number of benzene rings is 1. The van der Waals surface area contributed by atoms with Gasteiger partial charge in [-0.05, 0) is 24.6 Å². The molecule has 124 valence electrons. The molecular formula is C15H18F2N4O2. The molecule has 8 heteroatoms. The van der Waals surface area contributed by atoms with Crippen molar-refractivity contribution in [3.8, 4) is 0 Å². The second-order valence-corrected chi connectivity index (χ2v) is 5.72. The summed E-state index contributed by atoms with van der Waals surface area (Å²) in [5.41, 5.74) is 1.78. The maximum Gasteiger partial charge on any atom is 0.318 e. The van der Waals surface area contributed by atoms with Crippen LogP contribution in [0.25, 0.3) is 10.9 Å². The number of carbonyl (C=O) groups is 1. The summed E-state index contributed by atoms with van der Waals surface area (Å²) in [5.74, 6) is -3.02. The summed E-state index contributed by atoms with van der Waals surface area (Å²) in [7, 11) is 0. The number of hydrogen-bond acceptors (Lipinski definition) is 3.